The molecule has 0 unspecified atom stereocenters. The van der Waals surface area contributed by atoms with E-state index in [0.29, 0.717) is 17.9 Å². The predicted octanol–water partition coefficient (Wildman–Crippen LogP) is 3.53. The van der Waals surface area contributed by atoms with Crippen LogP contribution in [0.25, 0.3) is 0 Å². The van der Waals surface area contributed by atoms with Gasteiger partial charge in [-0.3, -0.25) is 15.1 Å². The first-order valence-corrected chi connectivity index (χ1v) is 6.58. The number of rotatable bonds is 5. The van der Waals surface area contributed by atoms with Crippen molar-refractivity contribution in [2.24, 2.45) is 0 Å². The third-order valence-electron chi connectivity index (χ3n) is 3.03. The summed E-state index contributed by atoms with van der Waals surface area (Å²) in [5, 5.41) is 20.7. The lowest BCUT2D eigenvalue weighted by molar-refractivity contribution is -0.385. The van der Waals surface area contributed by atoms with Gasteiger partial charge < -0.3 is 9.84 Å². The van der Waals surface area contributed by atoms with E-state index in [1.165, 1.54) is 12.3 Å². The first-order chi connectivity index (χ1) is 10.0. The van der Waals surface area contributed by atoms with E-state index in [-0.39, 0.29) is 11.4 Å². The summed E-state index contributed by atoms with van der Waals surface area (Å²) < 4.78 is 5.53. The molecule has 0 aliphatic heterocycles. The molecule has 0 spiro atoms. The normalized spacial score (nSPS) is 12.0. The Labute approximate surface area is 122 Å². The number of aromatic nitrogens is 1. The van der Waals surface area contributed by atoms with E-state index in [9.17, 15) is 15.2 Å². The molecule has 110 valence electrons. The minimum Gasteiger partial charge on any atom is -0.448 e. The van der Waals surface area contributed by atoms with Gasteiger partial charge in [-0.05, 0) is 37.1 Å². The molecule has 2 aromatic rings. The van der Waals surface area contributed by atoms with Crippen LogP contribution in [0.2, 0.25) is 0 Å². The van der Waals surface area contributed by atoms with Gasteiger partial charge in [0, 0.05) is 6.07 Å². The number of hydrogen-bond acceptors (Lipinski definition) is 5. The molecule has 21 heavy (non-hydrogen) atoms. The summed E-state index contributed by atoms with van der Waals surface area (Å²) in [7, 11) is 0. The summed E-state index contributed by atoms with van der Waals surface area (Å²) in [6, 6.07) is 7.95. The summed E-state index contributed by atoms with van der Waals surface area (Å²) in [4.78, 5) is 14.6. The molecule has 0 aliphatic rings. The molecule has 0 saturated heterocycles. The van der Waals surface area contributed by atoms with E-state index >= 15 is 0 Å². The second-order valence-corrected chi connectivity index (χ2v) is 4.67. The number of pyridine rings is 1. The monoisotopic (exact) mass is 288 g/mol. The van der Waals surface area contributed by atoms with E-state index in [0.717, 1.165) is 5.56 Å². The maximum Gasteiger partial charge on any atom is 0.311 e. The fourth-order valence-electron chi connectivity index (χ4n) is 1.84. The quantitative estimate of drug-likeness (QED) is 0.672. The van der Waals surface area contributed by atoms with Gasteiger partial charge in [0.15, 0.2) is 0 Å². The molecule has 1 aromatic heterocycles. The van der Waals surface area contributed by atoms with Crippen LogP contribution in [0.3, 0.4) is 0 Å². The number of hydrogen-bond donors (Lipinski definition) is 1. The lowest BCUT2D eigenvalue weighted by atomic mass is 10.2. The third-order valence-corrected chi connectivity index (χ3v) is 3.03. The van der Waals surface area contributed by atoms with E-state index in [2.05, 4.69) is 4.98 Å². The molecular formula is C15H16N2O4. The molecule has 0 saturated carbocycles. The van der Waals surface area contributed by atoms with E-state index < -0.39 is 11.0 Å². The van der Waals surface area contributed by atoms with E-state index in [4.69, 9.17) is 4.74 Å². The van der Waals surface area contributed by atoms with Gasteiger partial charge in [0.05, 0.1) is 22.9 Å². The zero-order valence-corrected chi connectivity index (χ0v) is 11.8. The highest BCUT2D eigenvalue weighted by molar-refractivity contribution is 5.50. The van der Waals surface area contributed by atoms with Crippen LogP contribution >= 0.6 is 0 Å². The highest BCUT2D eigenvalue weighted by Crippen LogP contribution is 2.32. The molecule has 1 aromatic carbocycles. The Morgan fingerprint density at radius 2 is 2.14 bits per heavy atom. The molecular weight excluding hydrogens is 272 g/mol. The van der Waals surface area contributed by atoms with Crippen LogP contribution in [-0.4, -0.2) is 15.0 Å². The number of ether oxygens (including phenoxy) is 1. The van der Waals surface area contributed by atoms with Crippen molar-refractivity contribution in [3.63, 3.8) is 0 Å². The summed E-state index contributed by atoms with van der Waals surface area (Å²) in [6.07, 6.45) is 1.39. The van der Waals surface area contributed by atoms with Crippen LogP contribution in [0.15, 0.2) is 36.5 Å². The smallest absolute Gasteiger partial charge is 0.311 e. The zero-order chi connectivity index (χ0) is 15.4. The summed E-state index contributed by atoms with van der Waals surface area (Å²) in [6.45, 7) is 3.68. The number of aliphatic hydroxyl groups is 1. The number of aryl methyl sites for hydroxylation is 1. The molecule has 1 N–H and O–H groups in total. The fraction of sp³-hybridized carbons (Fsp3) is 0.267. The summed E-state index contributed by atoms with van der Waals surface area (Å²) in [5.41, 5.74) is 1.31. The average molecular weight is 288 g/mol. The lowest BCUT2D eigenvalue weighted by Gasteiger charge is -2.09. The van der Waals surface area contributed by atoms with Crippen molar-refractivity contribution < 1.29 is 14.8 Å². The lowest BCUT2D eigenvalue weighted by Crippen LogP contribution is -1.99. The molecule has 0 aliphatic carbocycles. The molecule has 2 rings (SSSR count). The zero-order valence-electron chi connectivity index (χ0n) is 11.8. The Balaban J connectivity index is 2.26. The van der Waals surface area contributed by atoms with Crippen LogP contribution in [0.1, 0.15) is 30.7 Å². The Bertz CT molecular complexity index is 641. The number of nitro groups is 1. The minimum absolute atomic E-state index is 0.0988. The first kappa shape index (κ1) is 14.9. The maximum atomic E-state index is 11.0. The van der Waals surface area contributed by atoms with Gasteiger partial charge in [0.25, 0.3) is 0 Å². The third kappa shape index (κ3) is 3.55. The van der Waals surface area contributed by atoms with Crippen LogP contribution in [-0.2, 0) is 0 Å². The van der Waals surface area contributed by atoms with E-state index in [1.54, 1.807) is 24.3 Å². The highest BCUT2D eigenvalue weighted by atomic mass is 16.6. The van der Waals surface area contributed by atoms with Crippen LogP contribution < -0.4 is 4.74 Å². The molecule has 6 heteroatoms. The molecule has 0 radical (unpaired) electrons. The van der Waals surface area contributed by atoms with Gasteiger partial charge in [0.1, 0.15) is 5.75 Å². The van der Waals surface area contributed by atoms with Gasteiger partial charge in [-0.2, -0.15) is 0 Å². The minimum atomic E-state index is -0.618. The Kier molecular flexibility index (Phi) is 4.49. The van der Waals surface area contributed by atoms with Crippen molar-refractivity contribution in [2.75, 3.05) is 0 Å². The van der Waals surface area contributed by atoms with Crippen LogP contribution in [0.4, 0.5) is 5.69 Å². The van der Waals surface area contributed by atoms with Gasteiger partial charge in [-0.25, -0.2) is 0 Å². The van der Waals surface area contributed by atoms with Gasteiger partial charge in [-0.15, -0.1) is 0 Å². The average Bonchev–Trinajstić information content (AvgIpc) is 2.47. The van der Waals surface area contributed by atoms with Gasteiger partial charge in [-0.1, -0.05) is 13.0 Å². The molecule has 1 heterocycles. The van der Waals surface area contributed by atoms with Crippen LogP contribution in [0, 0.1) is 17.0 Å². The van der Waals surface area contributed by atoms with Crippen molar-refractivity contribution in [3.05, 3.63) is 57.9 Å². The van der Waals surface area contributed by atoms with E-state index in [1.807, 2.05) is 13.8 Å². The van der Waals surface area contributed by atoms with Crippen molar-refractivity contribution in [2.45, 2.75) is 26.4 Å². The van der Waals surface area contributed by atoms with Crippen LogP contribution in [0.5, 0.6) is 11.5 Å². The molecule has 0 amide bonds. The van der Waals surface area contributed by atoms with Crippen molar-refractivity contribution in [1.82, 2.24) is 4.98 Å². The Morgan fingerprint density at radius 1 is 1.38 bits per heavy atom. The second kappa shape index (κ2) is 6.32. The number of nitrogens with zero attached hydrogens (tertiary/aromatic N) is 2. The number of aliphatic hydroxyl groups excluding tert-OH is 1. The molecule has 6 nitrogen and oxygen atoms in total. The molecule has 0 fully saturated rings. The topological polar surface area (TPSA) is 85.5 Å². The fourth-order valence-corrected chi connectivity index (χ4v) is 1.84. The number of nitro benzene ring substituents is 1. The molecule has 1 atom stereocenters. The Morgan fingerprint density at radius 3 is 2.71 bits per heavy atom. The summed E-state index contributed by atoms with van der Waals surface area (Å²) >= 11 is 0. The summed E-state index contributed by atoms with van der Waals surface area (Å²) in [5.74, 6) is 0.557. The maximum absolute atomic E-state index is 11.0. The first-order valence-electron chi connectivity index (χ1n) is 6.58. The van der Waals surface area contributed by atoms with Gasteiger partial charge >= 0.3 is 5.69 Å². The SMILES string of the molecule is CC[C@H](O)c1ccc(Oc2cc(C)ccc2[N+](=O)[O-])cn1. The highest BCUT2D eigenvalue weighted by Gasteiger charge is 2.16. The second-order valence-electron chi connectivity index (χ2n) is 4.67. The number of benzene rings is 1. The Hall–Kier alpha value is -2.47. The van der Waals surface area contributed by atoms with Crippen molar-refractivity contribution in [1.29, 1.82) is 0 Å². The largest absolute Gasteiger partial charge is 0.448 e. The van der Waals surface area contributed by atoms with Gasteiger partial charge in [0.2, 0.25) is 5.75 Å². The standard InChI is InChI=1S/C15H16N2O4/c1-3-14(18)12-6-5-11(9-16-12)21-15-8-10(2)4-7-13(15)17(19)20/h4-9,14,18H,3H2,1-2H3/t14-/m0/s1. The van der Waals surface area contributed by atoms with Crippen molar-refractivity contribution >= 4 is 5.69 Å². The molecule has 0 bridgehead atoms. The van der Waals surface area contributed by atoms with Crippen molar-refractivity contribution in [3.8, 4) is 11.5 Å². The predicted molar refractivity (Wildman–Crippen MR) is 77.4 cm³/mol.